The lowest BCUT2D eigenvalue weighted by atomic mass is 9.89. The first kappa shape index (κ1) is 19.1. The van der Waals surface area contributed by atoms with Crippen LogP contribution in [0.5, 0.6) is 0 Å². The van der Waals surface area contributed by atoms with Crippen LogP contribution < -0.4 is 0 Å². The molecule has 28 heavy (non-hydrogen) atoms. The van der Waals surface area contributed by atoms with Crippen LogP contribution in [0, 0.1) is 19.7 Å². The van der Waals surface area contributed by atoms with Crippen LogP contribution >= 0.6 is 11.6 Å². The van der Waals surface area contributed by atoms with Gasteiger partial charge in [0.25, 0.3) is 0 Å². The lowest BCUT2D eigenvalue weighted by Crippen LogP contribution is -2.32. The summed E-state index contributed by atoms with van der Waals surface area (Å²) in [4.78, 5) is 6.83. The molecule has 3 heterocycles. The minimum Gasteiger partial charge on any atom is -0.361 e. The predicted octanol–water partition coefficient (Wildman–Crippen LogP) is 5.53. The van der Waals surface area contributed by atoms with Crippen LogP contribution in [0.4, 0.5) is 4.39 Å². The summed E-state index contributed by atoms with van der Waals surface area (Å²) in [6, 6.07) is 9.17. The molecule has 3 aromatic rings. The number of aromatic nitrogens is 2. The van der Waals surface area contributed by atoms with Gasteiger partial charge in [0.05, 0.1) is 17.0 Å². The van der Waals surface area contributed by atoms with Crippen molar-refractivity contribution in [2.45, 2.75) is 39.2 Å². The molecule has 1 aliphatic heterocycles. The molecule has 2 aromatic heterocycles. The molecule has 0 bridgehead atoms. The molecule has 146 valence electrons. The van der Waals surface area contributed by atoms with Crippen LogP contribution in [0.1, 0.15) is 41.3 Å². The third-order valence-corrected chi connectivity index (χ3v) is 5.78. The van der Waals surface area contributed by atoms with E-state index in [1.54, 1.807) is 12.1 Å². The number of aryl methyl sites for hydroxylation is 2. The number of nitrogens with zero attached hydrogens (tertiary/aromatic N) is 3. The van der Waals surface area contributed by atoms with Crippen LogP contribution in [0.3, 0.4) is 0 Å². The van der Waals surface area contributed by atoms with E-state index in [4.69, 9.17) is 16.1 Å². The SMILES string of the molecule is Cc1noc(C)c1-c1cc(C2CCN(Cc3ccc(Cl)cc3F)CC2)ccn1. The van der Waals surface area contributed by atoms with Crippen LogP contribution in [0.25, 0.3) is 11.3 Å². The van der Waals surface area contributed by atoms with Crippen LogP contribution in [0.15, 0.2) is 41.1 Å². The second-order valence-corrected chi connectivity index (χ2v) is 7.90. The Kier molecular flexibility index (Phi) is 5.47. The molecule has 1 saturated heterocycles. The van der Waals surface area contributed by atoms with Crippen molar-refractivity contribution in [2.75, 3.05) is 13.1 Å². The Morgan fingerprint density at radius 3 is 2.64 bits per heavy atom. The third kappa shape index (κ3) is 3.96. The summed E-state index contributed by atoms with van der Waals surface area (Å²) in [6.45, 7) is 6.36. The summed E-state index contributed by atoms with van der Waals surface area (Å²) < 4.78 is 19.3. The quantitative estimate of drug-likeness (QED) is 0.578. The van der Waals surface area contributed by atoms with Crippen molar-refractivity contribution >= 4 is 11.6 Å². The maximum atomic E-state index is 14.1. The monoisotopic (exact) mass is 399 g/mol. The second-order valence-electron chi connectivity index (χ2n) is 7.46. The first-order chi connectivity index (χ1) is 13.5. The molecule has 4 rings (SSSR count). The average Bonchev–Trinajstić information content (AvgIpc) is 3.03. The fraction of sp³-hybridized carbons (Fsp3) is 0.364. The van der Waals surface area contributed by atoms with Crippen molar-refractivity contribution in [1.29, 1.82) is 0 Å². The first-order valence-electron chi connectivity index (χ1n) is 9.56. The second kappa shape index (κ2) is 8.02. The zero-order valence-electron chi connectivity index (χ0n) is 16.1. The minimum absolute atomic E-state index is 0.229. The first-order valence-corrected chi connectivity index (χ1v) is 9.94. The summed E-state index contributed by atoms with van der Waals surface area (Å²) in [7, 11) is 0. The number of piperidine rings is 1. The van der Waals surface area contributed by atoms with Crippen molar-refractivity contribution in [2.24, 2.45) is 0 Å². The standard InChI is InChI=1S/C22H23ClFN3O/c1-14-22(15(2)28-26-14)21-11-17(5-8-25-21)16-6-9-27(10-7-16)13-18-3-4-19(23)12-20(18)24/h3-5,8,11-12,16H,6-7,9-10,13H2,1-2H3. The van der Waals surface area contributed by atoms with Crippen molar-refractivity contribution < 1.29 is 8.91 Å². The van der Waals surface area contributed by atoms with Gasteiger partial charge in [-0.15, -0.1) is 0 Å². The van der Waals surface area contributed by atoms with Crippen LogP contribution in [-0.2, 0) is 6.54 Å². The van der Waals surface area contributed by atoms with Crippen molar-refractivity contribution in [3.63, 3.8) is 0 Å². The number of halogens is 2. The molecule has 0 spiro atoms. The maximum Gasteiger partial charge on any atom is 0.143 e. The predicted molar refractivity (Wildman–Crippen MR) is 108 cm³/mol. The summed E-state index contributed by atoms with van der Waals surface area (Å²) in [6.07, 6.45) is 3.95. The third-order valence-electron chi connectivity index (χ3n) is 5.54. The van der Waals surface area contributed by atoms with Crippen molar-refractivity contribution in [3.05, 3.63) is 69.9 Å². The van der Waals surface area contributed by atoms with Gasteiger partial charge in [0.15, 0.2) is 0 Å². The molecule has 0 unspecified atom stereocenters. The number of hydrogen-bond acceptors (Lipinski definition) is 4. The molecule has 0 atom stereocenters. The number of likely N-dealkylation sites (tertiary alicyclic amines) is 1. The van der Waals surface area contributed by atoms with Gasteiger partial charge in [-0.3, -0.25) is 9.88 Å². The van der Waals surface area contributed by atoms with Crippen molar-refractivity contribution in [1.82, 2.24) is 15.0 Å². The molecule has 4 nitrogen and oxygen atoms in total. The molecule has 0 aliphatic carbocycles. The molecule has 0 N–H and O–H groups in total. The summed E-state index contributed by atoms with van der Waals surface area (Å²) in [5.74, 6) is 1.04. The highest BCUT2D eigenvalue weighted by Crippen LogP contribution is 2.32. The number of pyridine rings is 1. The van der Waals surface area contributed by atoms with E-state index in [0.29, 0.717) is 23.0 Å². The van der Waals surface area contributed by atoms with Gasteiger partial charge in [-0.25, -0.2) is 4.39 Å². The largest absolute Gasteiger partial charge is 0.361 e. The topological polar surface area (TPSA) is 42.2 Å². The van der Waals surface area contributed by atoms with E-state index in [0.717, 1.165) is 48.6 Å². The Bertz CT molecular complexity index is 960. The number of hydrogen-bond donors (Lipinski definition) is 0. The fourth-order valence-electron chi connectivity index (χ4n) is 4.00. The number of benzene rings is 1. The highest BCUT2D eigenvalue weighted by atomic mass is 35.5. The minimum atomic E-state index is -0.229. The highest BCUT2D eigenvalue weighted by molar-refractivity contribution is 6.30. The van der Waals surface area contributed by atoms with Gasteiger partial charge >= 0.3 is 0 Å². The zero-order chi connectivity index (χ0) is 19.7. The fourth-order valence-corrected chi connectivity index (χ4v) is 4.16. The Balaban J connectivity index is 1.43. The van der Waals surface area contributed by atoms with Gasteiger partial charge in [-0.2, -0.15) is 0 Å². The van der Waals surface area contributed by atoms with Crippen LogP contribution in [0.2, 0.25) is 5.02 Å². The van der Waals surface area contributed by atoms with Gasteiger partial charge < -0.3 is 4.52 Å². The van der Waals surface area contributed by atoms with Gasteiger partial charge in [-0.1, -0.05) is 22.8 Å². The molecular formula is C22H23ClFN3O. The molecule has 1 fully saturated rings. The van der Waals surface area contributed by atoms with Crippen molar-refractivity contribution in [3.8, 4) is 11.3 Å². The summed E-state index contributed by atoms with van der Waals surface area (Å²) in [5.41, 5.74) is 4.76. The lowest BCUT2D eigenvalue weighted by Gasteiger charge is -2.32. The Hall–Kier alpha value is -2.24. The van der Waals surface area contributed by atoms with E-state index in [1.165, 1.54) is 11.6 Å². The van der Waals surface area contributed by atoms with Crippen LogP contribution in [-0.4, -0.2) is 28.1 Å². The molecule has 1 aromatic carbocycles. The molecule has 0 amide bonds. The molecule has 1 aliphatic rings. The Morgan fingerprint density at radius 2 is 1.96 bits per heavy atom. The summed E-state index contributed by atoms with van der Waals surface area (Å²) in [5, 5.41) is 4.47. The van der Waals surface area contributed by atoms with Gasteiger partial charge in [0, 0.05) is 23.3 Å². The Labute approximate surface area is 169 Å². The lowest BCUT2D eigenvalue weighted by molar-refractivity contribution is 0.202. The zero-order valence-corrected chi connectivity index (χ0v) is 16.8. The van der Waals surface area contributed by atoms with Gasteiger partial charge in [0.2, 0.25) is 0 Å². The highest BCUT2D eigenvalue weighted by Gasteiger charge is 2.22. The summed E-state index contributed by atoms with van der Waals surface area (Å²) >= 11 is 5.85. The molecule has 6 heteroatoms. The van der Waals surface area contributed by atoms with E-state index in [2.05, 4.69) is 27.2 Å². The molecule has 0 radical (unpaired) electrons. The normalized spacial score (nSPS) is 15.9. The van der Waals surface area contributed by atoms with E-state index < -0.39 is 0 Å². The van der Waals surface area contributed by atoms with E-state index in [1.807, 2.05) is 20.0 Å². The number of rotatable bonds is 4. The maximum absolute atomic E-state index is 14.1. The average molecular weight is 400 g/mol. The van der Waals surface area contributed by atoms with E-state index in [9.17, 15) is 4.39 Å². The van der Waals surface area contributed by atoms with E-state index in [-0.39, 0.29) is 5.82 Å². The molecule has 0 saturated carbocycles. The Morgan fingerprint density at radius 1 is 1.18 bits per heavy atom. The van der Waals surface area contributed by atoms with E-state index >= 15 is 0 Å². The van der Waals surface area contributed by atoms with Gasteiger partial charge in [-0.05, 0) is 75.5 Å². The molecular weight excluding hydrogens is 377 g/mol. The smallest absolute Gasteiger partial charge is 0.143 e. The van der Waals surface area contributed by atoms with Gasteiger partial charge in [0.1, 0.15) is 11.6 Å².